The van der Waals surface area contributed by atoms with Crippen molar-refractivity contribution in [3.63, 3.8) is 0 Å². The highest BCUT2D eigenvalue weighted by Gasteiger charge is 2.29. The Morgan fingerprint density at radius 2 is 2.04 bits per heavy atom. The van der Waals surface area contributed by atoms with Gasteiger partial charge in [-0.05, 0) is 44.4 Å². The molecular formula is C16H19NO3S3. The maximum absolute atomic E-state index is 11.1. The van der Waals surface area contributed by atoms with Crippen molar-refractivity contribution in [3.05, 3.63) is 35.3 Å². The number of aliphatic carboxylic acids is 1. The molecule has 0 radical (unpaired) electrons. The first-order valence-electron chi connectivity index (χ1n) is 7.04. The van der Waals surface area contributed by atoms with Crippen molar-refractivity contribution >= 4 is 40.8 Å². The molecule has 23 heavy (non-hydrogen) atoms. The number of rotatable bonds is 8. The maximum Gasteiger partial charge on any atom is 0.319 e. The van der Waals surface area contributed by atoms with Crippen molar-refractivity contribution < 1.29 is 14.6 Å². The van der Waals surface area contributed by atoms with E-state index in [0.717, 1.165) is 15.8 Å². The summed E-state index contributed by atoms with van der Waals surface area (Å²) in [4.78, 5) is 16.8. The van der Waals surface area contributed by atoms with E-state index in [2.05, 4.69) is 4.98 Å². The fourth-order valence-electron chi connectivity index (χ4n) is 1.66. The molecule has 4 nitrogen and oxygen atoms in total. The second-order valence-corrected chi connectivity index (χ2v) is 8.90. The second kappa shape index (κ2) is 8.08. The molecule has 0 aliphatic carbocycles. The molecule has 7 heteroatoms. The average molecular weight is 370 g/mol. The van der Waals surface area contributed by atoms with Crippen molar-refractivity contribution in [3.8, 4) is 5.75 Å². The number of nitrogens with zero attached hydrogens (tertiary/aromatic N) is 1. The summed E-state index contributed by atoms with van der Waals surface area (Å²) in [6, 6.07) is 7.99. The SMILES string of the molecule is CSc1ccc(OCCc2csc(SC(C)(C)C(=O)O)n2)cc1. The quantitative estimate of drug-likeness (QED) is 0.694. The van der Waals surface area contributed by atoms with E-state index in [-0.39, 0.29) is 0 Å². The predicted octanol–water partition coefficient (Wildman–Crippen LogP) is 4.44. The molecule has 0 amide bonds. The van der Waals surface area contributed by atoms with Crippen LogP contribution in [0, 0.1) is 0 Å². The van der Waals surface area contributed by atoms with Gasteiger partial charge in [0.1, 0.15) is 10.5 Å². The van der Waals surface area contributed by atoms with E-state index in [1.165, 1.54) is 28.0 Å². The molecule has 1 N–H and O–H groups in total. The minimum absolute atomic E-state index is 0.550. The number of benzene rings is 1. The van der Waals surface area contributed by atoms with E-state index >= 15 is 0 Å². The third-order valence-electron chi connectivity index (χ3n) is 3.07. The monoisotopic (exact) mass is 369 g/mol. The molecule has 0 bridgehead atoms. The van der Waals surface area contributed by atoms with E-state index in [0.29, 0.717) is 13.0 Å². The summed E-state index contributed by atoms with van der Waals surface area (Å²) in [6.45, 7) is 3.92. The van der Waals surface area contributed by atoms with Crippen LogP contribution in [0.15, 0.2) is 38.9 Å². The van der Waals surface area contributed by atoms with Crippen LogP contribution in [0.2, 0.25) is 0 Å². The van der Waals surface area contributed by atoms with Gasteiger partial charge in [0.05, 0.1) is 12.3 Å². The van der Waals surface area contributed by atoms with Crippen molar-refractivity contribution in [2.45, 2.75) is 34.3 Å². The maximum atomic E-state index is 11.1. The zero-order valence-corrected chi connectivity index (χ0v) is 15.7. The third kappa shape index (κ3) is 5.44. The predicted molar refractivity (Wildman–Crippen MR) is 97.1 cm³/mol. The van der Waals surface area contributed by atoms with Gasteiger partial charge >= 0.3 is 5.97 Å². The van der Waals surface area contributed by atoms with Gasteiger partial charge < -0.3 is 9.84 Å². The first-order valence-corrected chi connectivity index (χ1v) is 9.96. The van der Waals surface area contributed by atoms with Gasteiger partial charge in [0.25, 0.3) is 0 Å². The normalized spacial score (nSPS) is 11.4. The zero-order valence-electron chi connectivity index (χ0n) is 13.2. The molecule has 0 saturated heterocycles. The molecule has 0 aliphatic rings. The molecule has 0 aliphatic heterocycles. The molecule has 0 fully saturated rings. The van der Waals surface area contributed by atoms with Gasteiger partial charge in [-0.15, -0.1) is 23.1 Å². The van der Waals surface area contributed by atoms with Gasteiger partial charge in [-0.3, -0.25) is 4.79 Å². The number of carboxylic acid groups (broad SMARTS) is 1. The highest BCUT2D eigenvalue weighted by molar-refractivity contribution is 8.03. The molecule has 0 spiro atoms. The molecule has 1 heterocycles. The number of hydrogen-bond acceptors (Lipinski definition) is 6. The Kier molecular flexibility index (Phi) is 6.38. The van der Waals surface area contributed by atoms with Gasteiger partial charge in [0.2, 0.25) is 0 Å². The highest BCUT2D eigenvalue weighted by Crippen LogP contribution is 2.34. The first-order chi connectivity index (χ1) is 10.9. The number of hydrogen-bond donors (Lipinski definition) is 1. The van der Waals surface area contributed by atoms with Crippen LogP contribution in [0.3, 0.4) is 0 Å². The van der Waals surface area contributed by atoms with E-state index in [1.807, 2.05) is 35.9 Å². The molecule has 2 aromatic rings. The number of carbonyl (C=O) groups is 1. The summed E-state index contributed by atoms with van der Waals surface area (Å²) in [6.07, 6.45) is 2.74. The highest BCUT2D eigenvalue weighted by atomic mass is 32.2. The Morgan fingerprint density at radius 1 is 1.35 bits per heavy atom. The second-order valence-electron chi connectivity index (χ2n) is 5.30. The van der Waals surface area contributed by atoms with E-state index < -0.39 is 10.7 Å². The van der Waals surface area contributed by atoms with Gasteiger partial charge in [-0.2, -0.15) is 0 Å². The Morgan fingerprint density at radius 3 is 2.65 bits per heavy atom. The van der Waals surface area contributed by atoms with Gasteiger partial charge in [-0.25, -0.2) is 4.98 Å². The first kappa shape index (κ1) is 18.2. The van der Waals surface area contributed by atoms with Crippen LogP contribution in [-0.2, 0) is 11.2 Å². The molecule has 0 atom stereocenters. The molecule has 1 aromatic carbocycles. The lowest BCUT2D eigenvalue weighted by molar-refractivity contribution is -0.138. The van der Waals surface area contributed by atoms with Crippen LogP contribution in [0.5, 0.6) is 5.75 Å². The Labute approximate surface area is 148 Å². The van der Waals surface area contributed by atoms with Crippen LogP contribution >= 0.6 is 34.9 Å². The molecule has 1 aromatic heterocycles. The fourth-order valence-corrected chi connectivity index (χ4v) is 4.29. The van der Waals surface area contributed by atoms with Crippen molar-refractivity contribution in [2.75, 3.05) is 12.9 Å². The topological polar surface area (TPSA) is 59.4 Å². The molecule has 0 saturated carbocycles. The Hall–Kier alpha value is -1.18. The smallest absolute Gasteiger partial charge is 0.319 e. The van der Waals surface area contributed by atoms with Crippen LogP contribution in [0.25, 0.3) is 0 Å². The largest absolute Gasteiger partial charge is 0.493 e. The minimum atomic E-state index is -0.870. The number of thiazole rings is 1. The average Bonchev–Trinajstić information content (AvgIpc) is 2.94. The number of aromatic nitrogens is 1. The third-order valence-corrected chi connectivity index (χ3v) is 5.99. The lowest BCUT2D eigenvalue weighted by atomic mass is 10.2. The fraction of sp³-hybridized carbons (Fsp3) is 0.375. The van der Waals surface area contributed by atoms with E-state index in [1.54, 1.807) is 25.6 Å². The Balaban J connectivity index is 1.83. The van der Waals surface area contributed by atoms with Crippen molar-refractivity contribution in [2.24, 2.45) is 0 Å². The summed E-state index contributed by atoms with van der Waals surface area (Å²) in [5.74, 6) is 0.0101. The van der Waals surface area contributed by atoms with Crippen molar-refractivity contribution in [1.29, 1.82) is 0 Å². The number of ether oxygens (including phenoxy) is 1. The summed E-state index contributed by atoms with van der Waals surface area (Å²) in [5, 5.41) is 11.1. The van der Waals surface area contributed by atoms with Crippen LogP contribution in [-0.4, -0.2) is 33.7 Å². The standard InChI is InChI=1S/C16H19NO3S3/c1-16(2,14(18)19)23-15-17-11(10-22-15)8-9-20-12-4-6-13(21-3)7-5-12/h4-7,10H,8-9H2,1-3H3,(H,18,19). The summed E-state index contributed by atoms with van der Waals surface area (Å²) >= 11 is 4.45. The summed E-state index contributed by atoms with van der Waals surface area (Å²) in [7, 11) is 0. The number of thioether (sulfide) groups is 2. The van der Waals surface area contributed by atoms with Crippen LogP contribution in [0.1, 0.15) is 19.5 Å². The lowest BCUT2D eigenvalue weighted by Crippen LogP contribution is -2.26. The molecule has 0 unspecified atom stereocenters. The van der Waals surface area contributed by atoms with Crippen molar-refractivity contribution in [1.82, 2.24) is 4.98 Å². The minimum Gasteiger partial charge on any atom is -0.493 e. The van der Waals surface area contributed by atoms with Gasteiger partial charge in [0.15, 0.2) is 4.34 Å². The molecule has 2 rings (SSSR count). The lowest BCUT2D eigenvalue weighted by Gasteiger charge is -2.15. The zero-order chi connectivity index (χ0) is 16.9. The Bertz CT molecular complexity index is 653. The van der Waals surface area contributed by atoms with Gasteiger partial charge in [0, 0.05) is 16.7 Å². The van der Waals surface area contributed by atoms with Crippen LogP contribution < -0.4 is 4.74 Å². The summed E-state index contributed by atoms with van der Waals surface area (Å²) < 4.78 is 5.62. The molecular weight excluding hydrogens is 350 g/mol. The number of carboxylic acids is 1. The summed E-state index contributed by atoms with van der Waals surface area (Å²) in [5.41, 5.74) is 0.930. The van der Waals surface area contributed by atoms with E-state index in [9.17, 15) is 4.79 Å². The molecule has 124 valence electrons. The van der Waals surface area contributed by atoms with Crippen LogP contribution in [0.4, 0.5) is 0 Å². The van der Waals surface area contributed by atoms with E-state index in [4.69, 9.17) is 9.84 Å². The van der Waals surface area contributed by atoms with Gasteiger partial charge in [-0.1, -0.05) is 11.8 Å².